The number of methoxy groups -OCH3 is 3. The number of nitrogens with one attached hydrogen (secondary N) is 2. The third-order valence-corrected chi connectivity index (χ3v) is 4.02. The summed E-state index contributed by atoms with van der Waals surface area (Å²) in [4.78, 5) is 36.3. The number of phenols is 1. The zero-order valence-electron chi connectivity index (χ0n) is 16.3. The highest BCUT2D eigenvalue weighted by molar-refractivity contribution is 6.40. The van der Waals surface area contributed by atoms with Gasteiger partial charge in [0, 0.05) is 18.7 Å². The number of hydrogen-bond donors (Lipinski definition) is 3. The Kier molecular flexibility index (Phi) is 7.41. The fourth-order valence-corrected chi connectivity index (χ4v) is 2.50. The van der Waals surface area contributed by atoms with Gasteiger partial charge in [0.1, 0.15) is 5.75 Å². The maximum absolute atomic E-state index is 12.2. The Labute approximate surface area is 167 Å². The number of phenolic OH excluding ortho intramolecular Hbond substituents is 1. The summed E-state index contributed by atoms with van der Waals surface area (Å²) in [5, 5.41) is 14.1. The molecule has 0 atom stereocenters. The van der Waals surface area contributed by atoms with E-state index in [1.54, 1.807) is 12.1 Å². The Morgan fingerprint density at radius 2 is 1.55 bits per heavy atom. The first-order valence-electron chi connectivity index (χ1n) is 8.61. The molecule has 0 radical (unpaired) electrons. The summed E-state index contributed by atoms with van der Waals surface area (Å²) in [5.41, 5.74) is 0.944. The Balaban J connectivity index is 2.06. The molecule has 9 heteroatoms. The quantitative estimate of drug-likeness (QED) is 0.474. The number of benzene rings is 2. The van der Waals surface area contributed by atoms with Gasteiger partial charge in [-0.05, 0) is 24.1 Å². The average Bonchev–Trinajstić information content (AvgIpc) is 2.73. The van der Waals surface area contributed by atoms with Crippen LogP contribution in [0.4, 0.5) is 5.69 Å². The molecule has 9 nitrogen and oxygen atoms in total. The van der Waals surface area contributed by atoms with Gasteiger partial charge in [0.15, 0.2) is 11.5 Å². The molecule has 0 spiro atoms. The Bertz CT molecular complexity index is 894. The van der Waals surface area contributed by atoms with Crippen LogP contribution in [0.1, 0.15) is 15.9 Å². The maximum atomic E-state index is 12.2. The molecule has 2 aromatic carbocycles. The third kappa shape index (κ3) is 5.61. The first-order chi connectivity index (χ1) is 13.9. The molecule has 0 aliphatic heterocycles. The van der Waals surface area contributed by atoms with E-state index in [1.165, 1.54) is 45.6 Å². The standard InChI is InChI=1S/C20H22N2O7/c1-27-16-10-14(20(26)29-3)15(11-17(16)28-2)22-19(25)18(24)21-9-8-12-4-6-13(23)7-5-12/h4-7,10-11,23H,8-9H2,1-3H3,(H,21,24)(H,22,25). The molecule has 2 rings (SSSR count). The molecule has 0 bridgehead atoms. The average molecular weight is 402 g/mol. The monoisotopic (exact) mass is 402 g/mol. The highest BCUT2D eigenvalue weighted by atomic mass is 16.5. The molecule has 29 heavy (non-hydrogen) atoms. The van der Waals surface area contributed by atoms with E-state index >= 15 is 0 Å². The van der Waals surface area contributed by atoms with Crippen molar-refractivity contribution in [2.24, 2.45) is 0 Å². The molecule has 154 valence electrons. The van der Waals surface area contributed by atoms with Crippen LogP contribution in [0.25, 0.3) is 0 Å². The van der Waals surface area contributed by atoms with Crippen LogP contribution >= 0.6 is 0 Å². The normalized spacial score (nSPS) is 10.0. The zero-order chi connectivity index (χ0) is 21.4. The molecule has 0 aliphatic rings. The number of esters is 1. The van der Waals surface area contributed by atoms with Crippen LogP contribution in [-0.4, -0.2) is 50.8 Å². The molecule has 0 saturated carbocycles. The van der Waals surface area contributed by atoms with Crippen molar-refractivity contribution in [3.8, 4) is 17.2 Å². The van der Waals surface area contributed by atoms with Crippen molar-refractivity contribution >= 4 is 23.5 Å². The summed E-state index contributed by atoms with van der Waals surface area (Å²) in [5.74, 6) is -1.85. The minimum atomic E-state index is -0.951. The fourth-order valence-electron chi connectivity index (χ4n) is 2.50. The first kappa shape index (κ1) is 21.5. The fraction of sp³-hybridized carbons (Fsp3) is 0.250. The van der Waals surface area contributed by atoms with Crippen molar-refractivity contribution in [1.29, 1.82) is 0 Å². The van der Waals surface area contributed by atoms with E-state index in [0.29, 0.717) is 6.42 Å². The topological polar surface area (TPSA) is 123 Å². The summed E-state index contributed by atoms with van der Waals surface area (Å²) in [6, 6.07) is 9.22. The summed E-state index contributed by atoms with van der Waals surface area (Å²) >= 11 is 0. The molecule has 0 unspecified atom stereocenters. The van der Waals surface area contributed by atoms with Crippen LogP contribution < -0.4 is 20.1 Å². The summed E-state index contributed by atoms with van der Waals surface area (Å²) in [6.07, 6.45) is 0.475. The Morgan fingerprint density at radius 3 is 2.14 bits per heavy atom. The number of amides is 2. The number of hydrogen-bond acceptors (Lipinski definition) is 7. The maximum Gasteiger partial charge on any atom is 0.340 e. The summed E-state index contributed by atoms with van der Waals surface area (Å²) < 4.78 is 15.0. The molecule has 0 fully saturated rings. The van der Waals surface area contributed by atoms with Gasteiger partial charge >= 0.3 is 17.8 Å². The molecule has 0 saturated heterocycles. The van der Waals surface area contributed by atoms with Crippen molar-refractivity contribution in [1.82, 2.24) is 5.32 Å². The van der Waals surface area contributed by atoms with Gasteiger partial charge in [-0.1, -0.05) is 12.1 Å². The van der Waals surface area contributed by atoms with E-state index in [0.717, 1.165) is 5.56 Å². The molecule has 0 heterocycles. The van der Waals surface area contributed by atoms with Gasteiger partial charge in [-0.25, -0.2) is 4.79 Å². The molecule has 0 aliphatic carbocycles. The predicted octanol–water partition coefficient (Wildman–Crippen LogP) is 1.49. The first-order valence-corrected chi connectivity index (χ1v) is 8.61. The van der Waals surface area contributed by atoms with Gasteiger partial charge in [0.2, 0.25) is 0 Å². The Hall–Kier alpha value is -3.75. The van der Waals surface area contributed by atoms with E-state index < -0.39 is 17.8 Å². The van der Waals surface area contributed by atoms with Gasteiger partial charge in [-0.15, -0.1) is 0 Å². The second kappa shape index (κ2) is 9.98. The zero-order valence-corrected chi connectivity index (χ0v) is 16.3. The van der Waals surface area contributed by atoms with Crippen LogP contribution in [-0.2, 0) is 20.7 Å². The number of anilines is 1. The third-order valence-electron chi connectivity index (χ3n) is 4.02. The molecule has 2 aromatic rings. The van der Waals surface area contributed by atoms with Crippen molar-refractivity contribution in [3.63, 3.8) is 0 Å². The van der Waals surface area contributed by atoms with Crippen LogP contribution in [0.3, 0.4) is 0 Å². The minimum Gasteiger partial charge on any atom is -0.508 e. The van der Waals surface area contributed by atoms with Crippen molar-refractivity contribution in [2.75, 3.05) is 33.2 Å². The molecule has 2 amide bonds. The van der Waals surface area contributed by atoms with Crippen LogP contribution in [0.15, 0.2) is 36.4 Å². The van der Waals surface area contributed by atoms with E-state index in [1.807, 2.05) is 0 Å². The van der Waals surface area contributed by atoms with Crippen molar-refractivity contribution in [2.45, 2.75) is 6.42 Å². The summed E-state index contributed by atoms with van der Waals surface area (Å²) in [7, 11) is 4.00. The lowest BCUT2D eigenvalue weighted by Crippen LogP contribution is -2.36. The van der Waals surface area contributed by atoms with Crippen LogP contribution in [0, 0.1) is 0 Å². The Morgan fingerprint density at radius 1 is 0.931 bits per heavy atom. The van der Waals surface area contributed by atoms with E-state index in [4.69, 9.17) is 14.2 Å². The number of carbonyl (C=O) groups excluding carboxylic acids is 3. The second-order valence-corrected chi connectivity index (χ2v) is 5.87. The van der Waals surface area contributed by atoms with Gasteiger partial charge in [0.25, 0.3) is 0 Å². The largest absolute Gasteiger partial charge is 0.508 e. The van der Waals surface area contributed by atoms with Gasteiger partial charge < -0.3 is 30.0 Å². The second-order valence-electron chi connectivity index (χ2n) is 5.87. The molecular formula is C20H22N2O7. The lowest BCUT2D eigenvalue weighted by atomic mass is 10.1. The van der Waals surface area contributed by atoms with E-state index in [-0.39, 0.29) is 35.0 Å². The van der Waals surface area contributed by atoms with Crippen LogP contribution in [0.2, 0.25) is 0 Å². The van der Waals surface area contributed by atoms with Crippen LogP contribution in [0.5, 0.6) is 17.2 Å². The predicted molar refractivity (Wildman–Crippen MR) is 104 cm³/mol. The SMILES string of the molecule is COC(=O)c1cc(OC)c(OC)cc1NC(=O)C(=O)NCCc1ccc(O)cc1. The van der Waals surface area contributed by atoms with Crippen molar-refractivity contribution in [3.05, 3.63) is 47.5 Å². The smallest absolute Gasteiger partial charge is 0.340 e. The van der Waals surface area contributed by atoms with E-state index in [9.17, 15) is 19.5 Å². The lowest BCUT2D eigenvalue weighted by Gasteiger charge is -2.14. The van der Waals surface area contributed by atoms with Gasteiger partial charge in [-0.2, -0.15) is 0 Å². The summed E-state index contributed by atoms with van der Waals surface area (Å²) in [6.45, 7) is 0.215. The number of ether oxygens (including phenoxy) is 3. The number of aromatic hydroxyl groups is 1. The van der Waals surface area contributed by atoms with E-state index in [2.05, 4.69) is 10.6 Å². The molecule has 0 aromatic heterocycles. The lowest BCUT2D eigenvalue weighted by molar-refractivity contribution is -0.136. The van der Waals surface area contributed by atoms with Crippen molar-refractivity contribution < 1.29 is 33.7 Å². The number of rotatable bonds is 7. The van der Waals surface area contributed by atoms with Gasteiger partial charge in [0.05, 0.1) is 32.6 Å². The van der Waals surface area contributed by atoms with Gasteiger partial charge in [-0.3, -0.25) is 9.59 Å². The molecule has 3 N–H and O–H groups in total. The number of carbonyl (C=O) groups is 3. The highest BCUT2D eigenvalue weighted by Crippen LogP contribution is 2.33. The minimum absolute atomic E-state index is 0.00962. The molecular weight excluding hydrogens is 380 g/mol. The highest BCUT2D eigenvalue weighted by Gasteiger charge is 2.21.